The van der Waals surface area contributed by atoms with Crippen molar-refractivity contribution in [3.8, 4) is 0 Å². The molecule has 1 saturated heterocycles. The van der Waals surface area contributed by atoms with E-state index in [1.165, 1.54) is 11.5 Å². The van der Waals surface area contributed by atoms with Gasteiger partial charge in [0.2, 0.25) is 5.91 Å². The van der Waals surface area contributed by atoms with Crippen LogP contribution in [0.1, 0.15) is 24.8 Å². The van der Waals surface area contributed by atoms with Crippen molar-refractivity contribution in [1.82, 2.24) is 0 Å². The van der Waals surface area contributed by atoms with E-state index in [9.17, 15) is 4.79 Å². The first-order chi connectivity index (χ1) is 9.28. The van der Waals surface area contributed by atoms with E-state index in [4.69, 9.17) is 5.11 Å². The summed E-state index contributed by atoms with van der Waals surface area (Å²) in [6.07, 6.45) is 3.62. The summed E-state index contributed by atoms with van der Waals surface area (Å²) in [5, 5.41) is 11.8. The van der Waals surface area contributed by atoms with Gasteiger partial charge in [0.1, 0.15) is 0 Å². The predicted octanol–water partition coefficient (Wildman–Crippen LogP) is 2.69. The maximum absolute atomic E-state index is 11.9. The molecule has 2 rings (SSSR count). The Hall–Kier alpha value is -1.00. The van der Waals surface area contributed by atoms with Crippen molar-refractivity contribution in [3.05, 3.63) is 29.8 Å². The lowest BCUT2D eigenvalue weighted by Crippen LogP contribution is -2.19. The first kappa shape index (κ1) is 14.4. The first-order valence-corrected chi connectivity index (χ1v) is 8.01. The summed E-state index contributed by atoms with van der Waals surface area (Å²) in [6, 6.07) is 7.70. The van der Waals surface area contributed by atoms with Crippen molar-refractivity contribution >= 4 is 23.4 Å². The maximum Gasteiger partial charge on any atom is 0.224 e. The van der Waals surface area contributed by atoms with Crippen LogP contribution in [0.5, 0.6) is 0 Å². The Balaban J connectivity index is 1.80. The molecule has 104 valence electrons. The quantitative estimate of drug-likeness (QED) is 0.871. The van der Waals surface area contributed by atoms with Gasteiger partial charge in [0, 0.05) is 18.7 Å². The number of amides is 1. The molecule has 1 aliphatic rings. The van der Waals surface area contributed by atoms with E-state index in [2.05, 4.69) is 5.32 Å². The van der Waals surface area contributed by atoms with Gasteiger partial charge in [-0.3, -0.25) is 4.79 Å². The monoisotopic (exact) mass is 279 g/mol. The van der Waals surface area contributed by atoms with Crippen LogP contribution in [0.4, 0.5) is 5.69 Å². The highest BCUT2D eigenvalue weighted by molar-refractivity contribution is 7.99. The average molecular weight is 279 g/mol. The van der Waals surface area contributed by atoms with Crippen LogP contribution in [0.25, 0.3) is 0 Å². The standard InChI is InChI=1S/C15H21NO2S/c17-8-5-12-1-3-14(4-2-12)16-15(18)11-13-6-9-19-10-7-13/h1-4,13,17H,5-11H2,(H,16,18). The van der Waals surface area contributed by atoms with E-state index in [0.29, 0.717) is 18.8 Å². The molecule has 0 radical (unpaired) electrons. The molecule has 19 heavy (non-hydrogen) atoms. The number of hydrogen-bond acceptors (Lipinski definition) is 3. The second kappa shape index (κ2) is 7.56. The summed E-state index contributed by atoms with van der Waals surface area (Å²) in [7, 11) is 0. The van der Waals surface area contributed by atoms with Crippen molar-refractivity contribution in [1.29, 1.82) is 0 Å². The van der Waals surface area contributed by atoms with Crippen molar-refractivity contribution in [2.75, 3.05) is 23.4 Å². The van der Waals surface area contributed by atoms with Crippen molar-refractivity contribution < 1.29 is 9.90 Å². The van der Waals surface area contributed by atoms with Crippen LogP contribution in [-0.2, 0) is 11.2 Å². The molecule has 0 aromatic heterocycles. The summed E-state index contributed by atoms with van der Waals surface area (Å²) in [6.45, 7) is 0.158. The van der Waals surface area contributed by atoms with E-state index in [0.717, 1.165) is 24.1 Å². The second-order valence-corrected chi connectivity index (χ2v) is 6.20. The number of hydrogen-bond donors (Lipinski definition) is 2. The minimum atomic E-state index is 0.117. The lowest BCUT2D eigenvalue weighted by molar-refractivity contribution is -0.117. The smallest absolute Gasteiger partial charge is 0.224 e. The minimum Gasteiger partial charge on any atom is -0.396 e. The Morgan fingerprint density at radius 2 is 1.95 bits per heavy atom. The largest absolute Gasteiger partial charge is 0.396 e. The fraction of sp³-hybridized carbons (Fsp3) is 0.533. The van der Waals surface area contributed by atoms with Gasteiger partial charge in [-0.05, 0) is 54.4 Å². The highest BCUT2D eigenvalue weighted by Crippen LogP contribution is 2.25. The predicted molar refractivity (Wildman–Crippen MR) is 80.5 cm³/mol. The SMILES string of the molecule is O=C(CC1CCSCC1)Nc1ccc(CCO)cc1. The van der Waals surface area contributed by atoms with Crippen LogP contribution in [-0.4, -0.2) is 29.1 Å². The number of rotatable bonds is 5. The summed E-state index contributed by atoms with van der Waals surface area (Å²) >= 11 is 1.98. The molecule has 1 amide bonds. The number of nitrogens with one attached hydrogen (secondary N) is 1. The van der Waals surface area contributed by atoms with E-state index in [-0.39, 0.29) is 12.5 Å². The number of aliphatic hydroxyl groups excluding tert-OH is 1. The van der Waals surface area contributed by atoms with Gasteiger partial charge in [0.25, 0.3) is 0 Å². The van der Waals surface area contributed by atoms with Crippen LogP contribution >= 0.6 is 11.8 Å². The molecule has 3 nitrogen and oxygen atoms in total. The normalized spacial score (nSPS) is 16.3. The van der Waals surface area contributed by atoms with Crippen LogP contribution in [0.3, 0.4) is 0 Å². The third-order valence-corrected chi connectivity index (χ3v) is 4.50. The lowest BCUT2D eigenvalue weighted by atomic mass is 9.98. The van der Waals surface area contributed by atoms with E-state index >= 15 is 0 Å². The summed E-state index contributed by atoms with van der Waals surface area (Å²) < 4.78 is 0. The van der Waals surface area contributed by atoms with Gasteiger partial charge in [-0.1, -0.05) is 12.1 Å². The molecule has 4 heteroatoms. The number of thioether (sulfide) groups is 1. The Kier molecular flexibility index (Phi) is 5.73. The number of aliphatic hydroxyl groups is 1. The first-order valence-electron chi connectivity index (χ1n) is 6.85. The fourth-order valence-electron chi connectivity index (χ4n) is 2.31. The molecular formula is C15H21NO2S. The molecule has 2 N–H and O–H groups in total. The highest BCUT2D eigenvalue weighted by Gasteiger charge is 2.17. The maximum atomic E-state index is 11.9. The van der Waals surface area contributed by atoms with Gasteiger partial charge in [0.05, 0.1) is 0 Å². The van der Waals surface area contributed by atoms with E-state index in [1.807, 2.05) is 36.0 Å². The Bertz CT molecular complexity index is 399. The average Bonchev–Trinajstić information content (AvgIpc) is 2.42. The van der Waals surface area contributed by atoms with Gasteiger partial charge >= 0.3 is 0 Å². The topological polar surface area (TPSA) is 49.3 Å². The Morgan fingerprint density at radius 3 is 2.58 bits per heavy atom. The van der Waals surface area contributed by atoms with Gasteiger partial charge in [-0.25, -0.2) is 0 Å². The van der Waals surface area contributed by atoms with Gasteiger partial charge in [-0.15, -0.1) is 0 Å². The fourth-order valence-corrected chi connectivity index (χ4v) is 3.51. The molecule has 0 bridgehead atoms. The number of carbonyl (C=O) groups is 1. The summed E-state index contributed by atoms with van der Waals surface area (Å²) in [5.74, 6) is 3.04. The van der Waals surface area contributed by atoms with Crippen LogP contribution < -0.4 is 5.32 Å². The summed E-state index contributed by atoms with van der Waals surface area (Å²) in [5.41, 5.74) is 1.93. The van der Waals surface area contributed by atoms with Gasteiger partial charge in [0.15, 0.2) is 0 Å². The molecule has 0 atom stereocenters. The van der Waals surface area contributed by atoms with Crippen molar-refractivity contribution in [3.63, 3.8) is 0 Å². The van der Waals surface area contributed by atoms with Gasteiger partial charge < -0.3 is 10.4 Å². The third kappa shape index (κ3) is 4.88. The molecular weight excluding hydrogens is 258 g/mol. The molecule has 1 aliphatic heterocycles. The molecule has 0 spiro atoms. The van der Waals surface area contributed by atoms with Crippen LogP contribution in [0, 0.1) is 5.92 Å². The highest BCUT2D eigenvalue weighted by atomic mass is 32.2. The summed E-state index contributed by atoms with van der Waals surface area (Å²) in [4.78, 5) is 11.9. The molecule has 0 saturated carbocycles. The van der Waals surface area contributed by atoms with Crippen LogP contribution in [0.15, 0.2) is 24.3 Å². The number of benzene rings is 1. The van der Waals surface area contributed by atoms with E-state index < -0.39 is 0 Å². The Morgan fingerprint density at radius 1 is 1.26 bits per heavy atom. The zero-order chi connectivity index (χ0) is 13.5. The van der Waals surface area contributed by atoms with Crippen LogP contribution in [0.2, 0.25) is 0 Å². The zero-order valence-corrected chi connectivity index (χ0v) is 11.9. The van der Waals surface area contributed by atoms with Crippen molar-refractivity contribution in [2.45, 2.75) is 25.7 Å². The number of anilines is 1. The minimum absolute atomic E-state index is 0.117. The molecule has 1 fully saturated rings. The second-order valence-electron chi connectivity index (χ2n) is 4.98. The molecule has 0 unspecified atom stereocenters. The lowest BCUT2D eigenvalue weighted by Gasteiger charge is -2.20. The molecule has 0 aliphatic carbocycles. The molecule has 1 heterocycles. The van der Waals surface area contributed by atoms with Gasteiger partial charge in [-0.2, -0.15) is 11.8 Å². The van der Waals surface area contributed by atoms with Crippen molar-refractivity contribution in [2.24, 2.45) is 5.92 Å². The zero-order valence-electron chi connectivity index (χ0n) is 11.1. The third-order valence-electron chi connectivity index (χ3n) is 3.45. The van der Waals surface area contributed by atoms with E-state index in [1.54, 1.807) is 0 Å². The number of carbonyl (C=O) groups excluding carboxylic acids is 1. The molecule has 1 aromatic rings. The molecule has 1 aromatic carbocycles. The Labute approximate surface area is 118 Å².